The molecule has 3 atom stereocenters. The highest BCUT2D eigenvalue weighted by Crippen LogP contribution is 2.55. The molecule has 0 aromatic heterocycles. The number of benzene rings is 2. The monoisotopic (exact) mass is 457 g/mol. The van der Waals surface area contributed by atoms with E-state index < -0.39 is 11.7 Å². The predicted molar refractivity (Wildman–Crippen MR) is 103 cm³/mol. The summed E-state index contributed by atoms with van der Waals surface area (Å²) in [7, 11) is 1.59. The van der Waals surface area contributed by atoms with Gasteiger partial charge in [-0.15, -0.1) is 0 Å². The highest BCUT2D eigenvalue weighted by atomic mass is 79.9. The first-order valence-corrected chi connectivity index (χ1v) is 9.64. The quantitative estimate of drug-likeness (QED) is 0.491. The van der Waals surface area contributed by atoms with Gasteiger partial charge in [0.2, 0.25) is 0 Å². The van der Waals surface area contributed by atoms with E-state index in [9.17, 15) is 13.2 Å². The van der Waals surface area contributed by atoms with Gasteiger partial charge in [0.1, 0.15) is 5.75 Å². The maximum atomic E-state index is 13.6. The Morgan fingerprint density at radius 1 is 1.22 bits per heavy atom. The maximum absolute atomic E-state index is 13.6. The number of rotatable bonds is 2. The molecule has 2 aliphatic rings. The van der Waals surface area contributed by atoms with Crippen LogP contribution in [0.3, 0.4) is 0 Å². The molecule has 2 nitrogen and oxygen atoms in total. The number of ether oxygens (including phenoxy) is 1. The second-order valence-electron chi connectivity index (χ2n) is 6.74. The molecule has 142 valence electrons. The van der Waals surface area contributed by atoms with Crippen LogP contribution in [0.25, 0.3) is 0 Å². The second kappa shape index (κ2) is 6.74. The van der Waals surface area contributed by atoms with Crippen LogP contribution in [0.4, 0.5) is 18.9 Å². The average Bonchev–Trinajstić information content (AvgIpc) is 3.10. The van der Waals surface area contributed by atoms with E-state index in [-0.39, 0.29) is 28.5 Å². The van der Waals surface area contributed by atoms with Crippen LogP contribution in [0, 0.1) is 5.92 Å². The largest absolute Gasteiger partial charge is 0.496 e. The molecule has 4 rings (SSSR count). The third-order valence-electron chi connectivity index (χ3n) is 5.30. The molecule has 1 aliphatic heterocycles. The Balaban J connectivity index is 1.90. The first-order chi connectivity index (χ1) is 12.8. The van der Waals surface area contributed by atoms with Crippen molar-refractivity contribution in [2.24, 2.45) is 5.92 Å². The fourth-order valence-electron chi connectivity index (χ4n) is 4.18. The summed E-state index contributed by atoms with van der Waals surface area (Å²) in [5.41, 5.74) is 0.852. The number of nitrogens with one attached hydrogen (secondary N) is 1. The van der Waals surface area contributed by atoms with Gasteiger partial charge in [0.05, 0.1) is 29.4 Å². The number of alkyl halides is 3. The lowest BCUT2D eigenvalue weighted by Crippen LogP contribution is -2.31. The van der Waals surface area contributed by atoms with E-state index in [0.717, 1.165) is 16.1 Å². The average molecular weight is 459 g/mol. The zero-order valence-corrected chi connectivity index (χ0v) is 16.6. The summed E-state index contributed by atoms with van der Waals surface area (Å²) in [5, 5.41) is 3.58. The molecule has 2 aromatic carbocycles. The smallest absolute Gasteiger partial charge is 0.416 e. The first kappa shape index (κ1) is 18.7. The Kier molecular flexibility index (Phi) is 4.67. The summed E-state index contributed by atoms with van der Waals surface area (Å²) in [5.74, 6) is 0.276. The molecule has 1 N–H and O–H groups in total. The molecule has 0 amide bonds. The lowest BCUT2D eigenvalue weighted by Gasteiger charge is -2.39. The number of fused-ring (bicyclic) bond motifs is 3. The lowest BCUT2D eigenvalue weighted by molar-refractivity contribution is -0.138. The topological polar surface area (TPSA) is 21.3 Å². The zero-order valence-electron chi connectivity index (χ0n) is 14.3. The maximum Gasteiger partial charge on any atom is 0.416 e. The van der Waals surface area contributed by atoms with Crippen LogP contribution in [-0.2, 0) is 6.18 Å². The van der Waals surface area contributed by atoms with Crippen LogP contribution in [0.1, 0.15) is 35.1 Å². The van der Waals surface area contributed by atoms with E-state index in [1.165, 1.54) is 6.07 Å². The van der Waals surface area contributed by atoms with Gasteiger partial charge in [-0.3, -0.25) is 0 Å². The summed E-state index contributed by atoms with van der Waals surface area (Å²) in [6, 6.07) is 7.83. The summed E-state index contributed by atoms with van der Waals surface area (Å²) >= 11 is 9.79. The van der Waals surface area contributed by atoms with Crippen LogP contribution in [0.2, 0.25) is 5.02 Å². The van der Waals surface area contributed by atoms with Gasteiger partial charge in [0.15, 0.2) is 0 Å². The molecule has 2 aromatic rings. The number of anilines is 1. The van der Waals surface area contributed by atoms with Crippen molar-refractivity contribution in [3.63, 3.8) is 0 Å². The van der Waals surface area contributed by atoms with Crippen molar-refractivity contribution in [2.75, 3.05) is 12.4 Å². The molecule has 0 unspecified atom stereocenters. The molecule has 0 bridgehead atoms. The lowest BCUT2D eigenvalue weighted by atomic mass is 9.75. The highest BCUT2D eigenvalue weighted by molar-refractivity contribution is 9.10. The Morgan fingerprint density at radius 2 is 2.00 bits per heavy atom. The predicted octanol–water partition coefficient (Wildman–Crippen LogP) is 6.96. The SMILES string of the molecule is COc1ccc(Br)cc1[C@@H]1Nc2c(Cl)ccc(C(F)(F)F)c2[C@@H]2C=CC[C@@H]21. The number of hydrogen-bond donors (Lipinski definition) is 1. The van der Waals surface area contributed by atoms with E-state index in [0.29, 0.717) is 17.9 Å². The van der Waals surface area contributed by atoms with Gasteiger partial charge in [-0.25, -0.2) is 0 Å². The van der Waals surface area contributed by atoms with Crippen LogP contribution in [-0.4, -0.2) is 7.11 Å². The number of hydrogen-bond acceptors (Lipinski definition) is 2. The van der Waals surface area contributed by atoms with E-state index >= 15 is 0 Å². The minimum Gasteiger partial charge on any atom is -0.496 e. The molecule has 0 saturated heterocycles. The zero-order chi connectivity index (χ0) is 19.3. The van der Waals surface area contributed by atoms with Gasteiger partial charge in [-0.05, 0) is 48.2 Å². The highest BCUT2D eigenvalue weighted by Gasteiger charge is 2.45. The molecular weight excluding hydrogens is 443 g/mol. The van der Waals surface area contributed by atoms with Crippen molar-refractivity contribution in [2.45, 2.75) is 24.6 Å². The van der Waals surface area contributed by atoms with Gasteiger partial charge >= 0.3 is 6.18 Å². The fraction of sp³-hybridized carbons (Fsp3) is 0.300. The van der Waals surface area contributed by atoms with Crippen LogP contribution in [0.15, 0.2) is 47.0 Å². The van der Waals surface area contributed by atoms with E-state index in [2.05, 4.69) is 21.2 Å². The summed E-state index contributed by atoms with van der Waals surface area (Å²) in [6.45, 7) is 0. The van der Waals surface area contributed by atoms with Gasteiger partial charge in [0.25, 0.3) is 0 Å². The van der Waals surface area contributed by atoms with Crippen molar-refractivity contribution in [1.29, 1.82) is 0 Å². The molecule has 1 heterocycles. The van der Waals surface area contributed by atoms with Crippen molar-refractivity contribution in [3.05, 3.63) is 68.7 Å². The molecular formula is C20H16BrClF3NO. The Labute approximate surface area is 168 Å². The third kappa shape index (κ3) is 3.13. The Bertz CT molecular complexity index is 928. The molecule has 0 fully saturated rings. The van der Waals surface area contributed by atoms with Gasteiger partial charge in [-0.2, -0.15) is 13.2 Å². The molecule has 1 aliphatic carbocycles. The molecule has 27 heavy (non-hydrogen) atoms. The Morgan fingerprint density at radius 3 is 2.70 bits per heavy atom. The van der Waals surface area contributed by atoms with Crippen LogP contribution < -0.4 is 10.1 Å². The number of halogens is 5. The van der Waals surface area contributed by atoms with Crippen LogP contribution in [0.5, 0.6) is 5.75 Å². The molecule has 0 spiro atoms. The number of allylic oxidation sites excluding steroid dienone is 2. The Hall–Kier alpha value is -1.66. The first-order valence-electron chi connectivity index (χ1n) is 8.47. The summed E-state index contributed by atoms with van der Waals surface area (Å²) in [4.78, 5) is 0. The van der Waals surface area contributed by atoms with Crippen LogP contribution >= 0.6 is 27.5 Å². The van der Waals surface area contributed by atoms with Gasteiger partial charge in [-0.1, -0.05) is 39.7 Å². The van der Waals surface area contributed by atoms with Gasteiger partial charge < -0.3 is 10.1 Å². The number of methoxy groups -OCH3 is 1. The van der Waals surface area contributed by atoms with E-state index in [1.54, 1.807) is 7.11 Å². The van der Waals surface area contributed by atoms with Crippen molar-refractivity contribution < 1.29 is 17.9 Å². The standard InChI is InChI=1S/C20H16BrClF3NO/c1-27-16-8-5-10(21)9-13(16)18-12-4-2-3-11(12)17-14(20(23,24)25)6-7-15(22)19(17)26-18/h2-3,5-9,11-12,18,26H,4H2,1H3/t11-,12+,18-/m1/s1. The van der Waals surface area contributed by atoms with E-state index in [4.69, 9.17) is 16.3 Å². The second-order valence-corrected chi connectivity index (χ2v) is 8.07. The molecule has 7 heteroatoms. The molecule has 0 saturated carbocycles. The van der Waals surface area contributed by atoms with E-state index in [1.807, 2.05) is 30.4 Å². The minimum atomic E-state index is -4.43. The van der Waals surface area contributed by atoms with Gasteiger partial charge in [0, 0.05) is 16.0 Å². The summed E-state index contributed by atoms with van der Waals surface area (Å²) in [6.07, 6.45) is 0.0664. The fourth-order valence-corrected chi connectivity index (χ4v) is 4.78. The van der Waals surface area contributed by atoms with Crippen molar-refractivity contribution in [3.8, 4) is 5.75 Å². The third-order valence-corrected chi connectivity index (χ3v) is 6.11. The molecule has 0 radical (unpaired) electrons. The minimum absolute atomic E-state index is 0.0553. The normalized spacial score (nSPS) is 23.6. The summed E-state index contributed by atoms with van der Waals surface area (Å²) < 4.78 is 47.3. The van der Waals surface area contributed by atoms with Crippen molar-refractivity contribution in [1.82, 2.24) is 0 Å². The van der Waals surface area contributed by atoms with Crippen molar-refractivity contribution >= 4 is 33.2 Å².